The summed E-state index contributed by atoms with van der Waals surface area (Å²) in [5, 5.41) is 11.8. The van der Waals surface area contributed by atoms with Crippen LogP contribution in [0.4, 0.5) is 0 Å². The number of carbonyl (C=O) groups is 6. The van der Waals surface area contributed by atoms with Gasteiger partial charge in [0, 0.05) is 31.2 Å². The van der Waals surface area contributed by atoms with Gasteiger partial charge in [-0.05, 0) is 67.7 Å². The van der Waals surface area contributed by atoms with E-state index in [-0.39, 0.29) is 67.0 Å². The van der Waals surface area contributed by atoms with Crippen molar-refractivity contribution in [2.45, 2.75) is 110 Å². The first-order valence-electron chi connectivity index (χ1n) is 24.2. The molecular formula is C53H71N5O13S. The number of nitrogens with zero attached hydrogens (tertiary/aromatic N) is 1. The molecular weight excluding hydrogens is 947 g/mol. The van der Waals surface area contributed by atoms with Crippen LogP contribution < -0.4 is 30.7 Å². The number of esters is 1. The number of ether oxygens (including phenoxy) is 4. The fourth-order valence-electron chi connectivity index (χ4n) is 8.28. The van der Waals surface area contributed by atoms with Gasteiger partial charge in [-0.25, -0.2) is 8.42 Å². The molecule has 19 heteroatoms. The number of amides is 4. The zero-order chi connectivity index (χ0) is 53.1. The number of nitrogens with one attached hydrogen (secondary N) is 4. The minimum Gasteiger partial charge on any atom is -0.748 e. The lowest BCUT2D eigenvalue weighted by Crippen LogP contribution is -2.61. The topological polar surface area (TPSA) is 248 Å². The standard InChI is InChI=1S/C52H67N5O10.CH4O3S/c1-8-25-65-46-31-41(67-37(6)58)21-20-40(46)32-57(23-26-64-27-24-57)33-47(59)53-42(22-19-38-15-11-9-12-16-38)49(61)55-44(29-36(4)5)50(62)56-45(30-39-17-13-10-14-18-39)51(63)54-43(28-35(2)3)48(60)52(7)34-66-52;1-5(2,3)4/h1,9-18,20-21,31,35-36,42-45H,19,22-30,32-34H2,2-7H3,(H3-,53,54,55,56,59,61,62,63);1H3,(H,2,3,4)/t42?,43?,44?,45?,52-;/m1./s1. The van der Waals surface area contributed by atoms with Gasteiger partial charge < -0.3 is 49.3 Å². The monoisotopic (exact) mass is 1020 g/mol. The van der Waals surface area contributed by atoms with Gasteiger partial charge >= 0.3 is 5.97 Å². The molecule has 5 rings (SSSR count). The maximum Gasteiger partial charge on any atom is 0.308 e. The average Bonchev–Trinajstić information content (AvgIpc) is 4.07. The minimum absolute atomic E-state index is 0.00345. The lowest BCUT2D eigenvalue weighted by Gasteiger charge is -2.41. The molecule has 4 N–H and O–H groups in total. The number of ketones is 1. The number of aryl methyl sites for hydroxylation is 1. The van der Waals surface area contributed by atoms with Crippen molar-refractivity contribution in [1.82, 2.24) is 21.3 Å². The minimum atomic E-state index is -3.92. The van der Waals surface area contributed by atoms with E-state index in [9.17, 15) is 28.8 Å². The van der Waals surface area contributed by atoms with Gasteiger partial charge in [0.05, 0.1) is 36.0 Å². The molecule has 0 aromatic heterocycles. The fraction of sp³-hybridized carbons (Fsp3) is 0.509. The maximum absolute atomic E-state index is 14.5. The van der Waals surface area contributed by atoms with Crippen molar-refractivity contribution in [2.75, 3.05) is 52.3 Å². The van der Waals surface area contributed by atoms with Crippen LogP contribution in [-0.2, 0) is 67.7 Å². The summed E-state index contributed by atoms with van der Waals surface area (Å²) in [5.41, 5.74) is 1.53. The molecule has 3 aromatic rings. The van der Waals surface area contributed by atoms with E-state index in [1.165, 1.54) is 6.92 Å². The van der Waals surface area contributed by atoms with Crippen LogP contribution in [0.15, 0.2) is 78.9 Å². The fourth-order valence-corrected chi connectivity index (χ4v) is 8.28. The highest BCUT2D eigenvalue weighted by molar-refractivity contribution is 7.84. The van der Waals surface area contributed by atoms with Crippen LogP contribution in [0.3, 0.4) is 0 Å². The summed E-state index contributed by atoms with van der Waals surface area (Å²) in [4.78, 5) is 82.6. The normalized spacial score (nSPS) is 17.6. The van der Waals surface area contributed by atoms with Crippen molar-refractivity contribution in [2.24, 2.45) is 11.8 Å². The SMILES string of the molecule is C#CCOc1cc(OC(C)=O)ccc1C[N+]1(CC(=O)NC(CCc2ccccc2)C(=O)NC(CC(C)C)C(=O)NC(Cc2ccccc2)C(=O)NC(CC(C)C)C(=O)[C@@]2(C)CO2)CCOCC1.CS(=O)(=O)[O-]. The number of terminal acetylenes is 1. The summed E-state index contributed by atoms with van der Waals surface area (Å²) >= 11 is 0. The van der Waals surface area contributed by atoms with Crippen molar-refractivity contribution >= 4 is 45.5 Å². The van der Waals surface area contributed by atoms with Crippen LogP contribution in [0, 0.1) is 24.2 Å². The van der Waals surface area contributed by atoms with Crippen LogP contribution in [0.1, 0.15) is 77.5 Å². The third-order valence-electron chi connectivity index (χ3n) is 11.9. The molecule has 0 saturated carbocycles. The molecule has 2 saturated heterocycles. The lowest BCUT2D eigenvalue weighted by molar-refractivity contribution is -0.940. The van der Waals surface area contributed by atoms with E-state index < -0.39 is 63.6 Å². The highest BCUT2D eigenvalue weighted by Gasteiger charge is 2.50. The van der Waals surface area contributed by atoms with Crippen molar-refractivity contribution in [3.05, 3.63) is 95.6 Å². The number of benzene rings is 3. The molecule has 72 heavy (non-hydrogen) atoms. The molecule has 0 spiro atoms. The first kappa shape index (κ1) is 58.4. The Balaban J connectivity index is 0.00000214. The van der Waals surface area contributed by atoms with Gasteiger partial charge in [0.2, 0.25) is 17.7 Å². The number of rotatable bonds is 25. The van der Waals surface area contributed by atoms with Crippen LogP contribution in [-0.4, -0.2) is 135 Å². The Morgan fingerprint density at radius 3 is 1.88 bits per heavy atom. The van der Waals surface area contributed by atoms with E-state index in [0.29, 0.717) is 63.4 Å². The largest absolute Gasteiger partial charge is 0.748 e. The molecule has 5 atom stereocenters. The van der Waals surface area contributed by atoms with Gasteiger partial charge in [-0.1, -0.05) is 94.3 Å². The van der Waals surface area contributed by atoms with Crippen LogP contribution in [0.25, 0.3) is 0 Å². The molecule has 3 aromatic carbocycles. The maximum atomic E-state index is 14.5. The smallest absolute Gasteiger partial charge is 0.308 e. The first-order valence-corrected chi connectivity index (χ1v) is 26.0. The molecule has 0 aliphatic carbocycles. The van der Waals surface area contributed by atoms with Crippen molar-refractivity contribution in [3.8, 4) is 23.8 Å². The van der Waals surface area contributed by atoms with E-state index in [1.54, 1.807) is 25.1 Å². The van der Waals surface area contributed by atoms with Gasteiger partial charge in [0.1, 0.15) is 61.5 Å². The first-order chi connectivity index (χ1) is 34.0. The summed E-state index contributed by atoms with van der Waals surface area (Å²) in [7, 11) is -3.92. The average molecular weight is 1020 g/mol. The van der Waals surface area contributed by atoms with E-state index in [2.05, 4.69) is 27.2 Å². The number of hydrogen-bond acceptors (Lipinski definition) is 13. The molecule has 2 aliphatic rings. The van der Waals surface area contributed by atoms with Crippen LogP contribution >= 0.6 is 0 Å². The van der Waals surface area contributed by atoms with Crippen LogP contribution in [0.2, 0.25) is 0 Å². The summed E-state index contributed by atoms with van der Waals surface area (Å²) in [6.07, 6.45) is 7.57. The van der Waals surface area contributed by atoms with Crippen molar-refractivity contribution in [3.63, 3.8) is 0 Å². The molecule has 18 nitrogen and oxygen atoms in total. The van der Waals surface area contributed by atoms with E-state index in [0.717, 1.165) is 16.7 Å². The number of epoxide rings is 1. The summed E-state index contributed by atoms with van der Waals surface area (Å²) in [6, 6.07) is 19.9. The molecule has 4 amide bonds. The molecule has 2 fully saturated rings. The summed E-state index contributed by atoms with van der Waals surface area (Å²) < 4.78 is 49.9. The quantitative estimate of drug-likeness (QED) is 0.0238. The number of morpholine rings is 1. The Morgan fingerprint density at radius 2 is 1.32 bits per heavy atom. The third-order valence-corrected chi connectivity index (χ3v) is 11.9. The Kier molecular flexibility index (Phi) is 22.4. The number of Topliss-reactive ketones (excluding diaryl/α,β-unsaturated/α-hetero) is 1. The predicted octanol–water partition coefficient (Wildman–Crippen LogP) is 3.40. The summed E-state index contributed by atoms with van der Waals surface area (Å²) in [5.74, 6) is 0.482. The van der Waals surface area contributed by atoms with E-state index in [4.69, 9.17) is 38.3 Å². The Morgan fingerprint density at radius 1 is 0.792 bits per heavy atom. The van der Waals surface area contributed by atoms with Gasteiger partial charge in [-0.2, -0.15) is 0 Å². The third kappa shape index (κ3) is 20.5. The van der Waals surface area contributed by atoms with Gasteiger partial charge in [-0.3, -0.25) is 28.8 Å². The van der Waals surface area contributed by atoms with Crippen molar-refractivity contribution < 1.29 is 65.2 Å². The number of hydrogen-bond donors (Lipinski definition) is 4. The Bertz CT molecular complexity index is 2440. The molecule has 0 bridgehead atoms. The van der Waals surface area contributed by atoms with E-state index >= 15 is 0 Å². The molecule has 392 valence electrons. The van der Waals surface area contributed by atoms with Crippen molar-refractivity contribution in [1.29, 1.82) is 0 Å². The van der Waals surface area contributed by atoms with Gasteiger partial charge in [0.25, 0.3) is 5.91 Å². The molecule has 2 heterocycles. The second kappa shape index (κ2) is 27.6. The zero-order valence-corrected chi connectivity index (χ0v) is 43.2. The molecule has 2 aliphatic heterocycles. The number of carbonyl (C=O) groups excluding carboxylic acids is 6. The Hall–Kier alpha value is -6.17. The zero-order valence-electron chi connectivity index (χ0n) is 42.4. The van der Waals surface area contributed by atoms with E-state index in [1.807, 2.05) is 88.4 Å². The lowest BCUT2D eigenvalue weighted by atomic mass is 9.93. The van der Waals surface area contributed by atoms with Gasteiger partial charge in [-0.15, -0.1) is 6.42 Å². The second-order valence-electron chi connectivity index (χ2n) is 19.4. The predicted molar refractivity (Wildman–Crippen MR) is 268 cm³/mol. The number of quaternary nitrogens is 1. The second-order valence-corrected chi connectivity index (χ2v) is 20.8. The highest BCUT2D eigenvalue weighted by Crippen LogP contribution is 2.31. The highest BCUT2D eigenvalue weighted by atomic mass is 32.2. The molecule has 0 radical (unpaired) electrons. The molecule has 4 unspecified atom stereocenters. The van der Waals surface area contributed by atoms with Gasteiger partial charge in [0.15, 0.2) is 12.3 Å². The van der Waals surface area contributed by atoms with Crippen LogP contribution in [0.5, 0.6) is 11.5 Å². The Labute approximate surface area is 424 Å². The summed E-state index contributed by atoms with van der Waals surface area (Å²) in [6.45, 7) is 13.2.